The van der Waals surface area contributed by atoms with E-state index in [4.69, 9.17) is 14.7 Å². The van der Waals surface area contributed by atoms with Crippen molar-refractivity contribution in [3.05, 3.63) is 90.3 Å². The van der Waals surface area contributed by atoms with Crippen LogP contribution in [-0.4, -0.2) is 34.0 Å². The van der Waals surface area contributed by atoms with E-state index in [1.165, 1.54) is 0 Å². The van der Waals surface area contributed by atoms with E-state index in [1.54, 1.807) is 29.6 Å². The Morgan fingerprint density at radius 3 is 2.08 bits per heavy atom. The summed E-state index contributed by atoms with van der Waals surface area (Å²) in [7, 11) is 0. The van der Waals surface area contributed by atoms with E-state index in [-0.39, 0.29) is 30.3 Å². The van der Waals surface area contributed by atoms with Crippen LogP contribution in [0.2, 0.25) is 0 Å². The molecule has 1 fully saturated rings. The molecule has 3 atom stereocenters. The maximum Gasteiger partial charge on any atom is 0.243 e. The van der Waals surface area contributed by atoms with Crippen molar-refractivity contribution >= 4 is 29.3 Å². The SMILES string of the molecule is O=C(CCCCCCC(=O)Nc1ccc(C2CC(c3ccccc3)OC(CSc3ccncc3)O2)cc1)NO. The number of rotatable bonds is 13. The minimum absolute atomic E-state index is 0.0319. The van der Waals surface area contributed by atoms with E-state index in [0.29, 0.717) is 31.4 Å². The molecule has 2 aromatic carbocycles. The molecule has 9 heteroatoms. The van der Waals surface area contributed by atoms with Crippen molar-refractivity contribution in [3.8, 4) is 0 Å². The molecule has 1 aliphatic rings. The van der Waals surface area contributed by atoms with E-state index in [9.17, 15) is 9.59 Å². The Morgan fingerprint density at radius 2 is 1.44 bits per heavy atom. The third kappa shape index (κ3) is 9.47. The van der Waals surface area contributed by atoms with Crippen LogP contribution in [0.15, 0.2) is 84.0 Å². The predicted octanol–water partition coefficient (Wildman–Crippen LogP) is 6.20. The topological polar surface area (TPSA) is 110 Å². The van der Waals surface area contributed by atoms with Crippen molar-refractivity contribution in [1.29, 1.82) is 0 Å². The number of aromatic nitrogens is 1. The second-order valence-electron chi connectivity index (χ2n) is 9.44. The molecule has 0 aliphatic carbocycles. The number of anilines is 1. The summed E-state index contributed by atoms with van der Waals surface area (Å²) in [6.45, 7) is 0. The summed E-state index contributed by atoms with van der Waals surface area (Å²) in [5.74, 6) is 0.250. The minimum atomic E-state index is -0.378. The fourth-order valence-electron chi connectivity index (χ4n) is 4.46. The Labute approximate surface area is 233 Å². The van der Waals surface area contributed by atoms with Crippen LogP contribution in [0.4, 0.5) is 5.69 Å². The Kier molecular flexibility index (Phi) is 11.3. The van der Waals surface area contributed by atoms with Crippen molar-refractivity contribution in [3.63, 3.8) is 0 Å². The van der Waals surface area contributed by atoms with Crippen LogP contribution in [0.25, 0.3) is 0 Å². The first-order chi connectivity index (χ1) is 19.1. The molecule has 0 radical (unpaired) electrons. The van der Waals surface area contributed by atoms with E-state index >= 15 is 0 Å². The van der Waals surface area contributed by atoms with Gasteiger partial charge < -0.3 is 14.8 Å². The molecular formula is C30H35N3O5S. The zero-order chi connectivity index (χ0) is 27.3. The molecule has 3 unspecified atom stereocenters. The maximum atomic E-state index is 12.4. The Balaban J connectivity index is 1.30. The number of amides is 2. The lowest BCUT2D eigenvalue weighted by Gasteiger charge is -2.36. The van der Waals surface area contributed by atoms with Crippen LogP contribution in [0, 0.1) is 0 Å². The van der Waals surface area contributed by atoms with E-state index < -0.39 is 0 Å². The van der Waals surface area contributed by atoms with Gasteiger partial charge in [-0.1, -0.05) is 55.3 Å². The summed E-state index contributed by atoms with van der Waals surface area (Å²) < 4.78 is 12.7. The molecule has 0 bridgehead atoms. The highest BCUT2D eigenvalue weighted by molar-refractivity contribution is 7.99. The van der Waals surface area contributed by atoms with E-state index in [2.05, 4.69) is 22.4 Å². The number of nitrogens with one attached hydrogen (secondary N) is 2. The summed E-state index contributed by atoms with van der Waals surface area (Å²) in [5, 5.41) is 11.5. The first-order valence-electron chi connectivity index (χ1n) is 13.3. The smallest absolute Gasteiger partial charge is 0.243 e. The second-order valence-corrected chi connectivity index (χ2v) is 10.5. The summed E-state index contributed by atoms with van der Waals surface area (Å²) in [6.07, 6.45) is 7.53. The number of unbranched alkanes of at least 4 members (excludes halogenated alkanes) is 3. The van der Waals surface area contributed by atoms with Gasteiger partial charge in [0.1, 0.15) is 0 Å². The maximum absolute atomic E-state index is 12.4. The molecule has 2 amide bonds. The first kappa shape index (κ1) is 28.8. The van der Waals surface area contributed by atoms with Gasteiger partial charge >= 0.3 is 0 Å². The third-order valence-electron chi connectivity index (χ3n) is 6.52. The fraction of sp³-hybridized carbons (Fsp3) is 0.367. The minimum Gasteiger partial charge on any atom is -0.344 e. The van der Waals surface area contributed by atoms with Crippen molar-refractivity contribution in [2.75, 3.05) is 11.1 Å². The summed E-state index contributed by atoms with van der Waals surface area (Å²) in [6, 6.07) is 22.0. The highest BCUT2D eigenvalue weighted by atomic mass is 32.2. The average Bonchev–Trinajstić information content (AvgIpc) is 2.99. The van der Waals surface area contributed by atoms with Crippen LogP contribution in [0.5, 0.6) is 0 Å². The molecule has 4 rings (SSSR count). The van der Waals surface area contributed by atoms with Gasteiger partial charge in [-0.2, -0.15) is 0 Å². The number of benzene rings is 2. The molecule has 3 N–H and O–H groups in total. The number of hydrogen-bond donors (Lipinski definition) is 3. The Bertz CT molecular complexity index is 1160. The van der Waals surface area contributed by atoms with Crippen LogP contribution >= 0.6 is 11.8 Å². The normalized spacial score (nSPS) is 18.8. The van der Waals surface area contributed by atoms with Crippen LogP contribution in [0.1, 0.15) is 68.3 Å². The zero-order valence-corrected chi connectivity index (χ0v) is 22.6. The van der Waals surface area contributed by atoms with Gasteiger partial charge in [0, 0.05) is 48.0 Å². The molecule has 39 heavy (non-hydrogen) atoms. The Hall–Kier alpha value is -3.24. The molecule has 206 valence electrons. The van der Waals surface area contributed by atoms with Gasteiger partial charge in [0.05, 0.1) is 12.2 Å². The third-order valence-corrected chi connectivity index (χ3v) is 7.56. The fourth-order valence-corrected chi connectivity index (χ4v) is 5.26. The highest BCUT2D eigenvalue weighted by Gasteiger charge is 2.32. The van der Waals surface area contributed by atoms with Crippen LogP contribution in [-0.2, 0) is 19.1 Å². The largest absolute Gasteiger partial charge is 0.344 e. The second kappa shape index (κ2) is 15.4. The lowest BCUT2D eigenvalue weighted by atomic mass is 9.97. The van der Waals surface area contributed by atoms with Gasteiger partial charge in [-0.15, -0.1) is 11.8 Å². The monoisotopic (exact) mass is 549 g/mol. The van der Waals surface area contributed by atoms with Gasteiger partial charge in [-0.05, 0) is 48.2 Å². The van der Waals surface area contributed by atoms with Gasteiger partial charge in [-0.25, -0.2) is 5.48 Å². The summed E-state index contributed by atoms with van der Waals surface area (Å²) >= 11 is 1.68. The molecule has 0 saturated carbocycles. The summed E-state index contributed by atoms with van der Waals surface area (Å²) in [5.41, 5.74) is 4.55. The summed E-state index contributed by atoms with van der Waals surface area (Å²) in [4.78, 5) is 28.6. The van der Waals surface area contributed by atoms with E-state index in [1.807, 2.05) is 54.6 Å². The first-order valence-corrected chi connectivity index (χ1v) is 14.3. The number of pyridine rings is 1. The number of carbonyl (C=O) groups is 2. The quantitative estimate of drug-likeness (QED) is 0.101. The number of hydrogen-bond acceptors (Lipinski definition) is 7. The Morgan fingerprint density at radius 1 is 0.821 bits per heavy atom. The molecule has 1 aromatic heterocycles. The van der Waals surface area contributed by atoms with Crippen LogP contribution in [0.3, 0.4) is 0 Å². The van der Waals surface area contributed by atoms with Crippen molar-refractivity contribution in [2.24, 2.45) is 0 Å². The van der Waals surface area contributed by atoms with Gasteiger partial charge in [0.2, 0.25) is 11.8 Å². The van der Waals surface area contributed by atoms with Gasteiger partial charge in [0.25, 0.3) is 0 Å². The standard InChI is InChI=1S/C30H35N3O5S/c34-28(10-6-1-2-7-11-29(35)33-36)32-24-14-12-23(13-15-24)27-20-26(22-8-4-3-5-9-22)37-30(38-27)21-39-25-16-18-31-19-17-25/h3-5,8-9,12-19,26-27,30,36H,1-2,6-7,10-11,20-21H2,(H,32,34)(H,33,35). The average molecular weight is 550 g/mol. The van der Waals surface area contributed by atoms with Gasteiger partial charge in [0.15, 0.2) is 6.29 Å². The van der Waals surface area contributed by atoms with Crippen molar-refractivity contribution in [1.82, 2.24) is 10.5 Å². The molecule has 2 heterocycles. The lowest BCUT2D eigenvalue weighted by Crippen LogP contribution is -2.31. The number of ether oxygens (including phenoxy) is 2. The molecule has 1 saturated heterocycles. The van der Waals surface area contributed by atoms with Crippen molar-refractivity contribution in [2.45, 2.75) is 68.3 Å². The molecule has 1 aliphatic heterocycles. The number of thioether (sulfide) groups is 1. The number of nitrogens with zero attached hydrogens (tertiary/aromatic N) is 1. The van der Waals surface area contributed by atoms with E-state index in [0.717, 1.165) is 41.0 Å². The molecule has 0 spiro atoms. The molecule has 8 nitrogen and oxygen atoms in total. The molecule has 3 aromatic rings. The predicted molar refractivity (Wildman–Crippen MR) is 150 cm³/mol. The lowest BCUT2D eigenvalue weighted by molar-refractivity contribution is -0.236. The highest BCUT2D eigenvalue weighted by Crippen LogP contribution is 2.40. The zero-order valence-electron chi connectivity index (χ0n) is 21.8. The number of carbonyl (C=O) groups excluding carboxylic acids is 2. The number of hydroxylamine groups is 1. The van der Waals surface area contributed by atoms with Crippen molar-refractivity contribution < 1.29 is 24.3 Å². The molecular weight excluding hydrogens is 514 g/mol. The van der Waals surface area contributed by atoms with Crippen LogP contribution < -0.4 is 10.8 Å². The van der Waals surface area contributed by atoms with Gasteiger partial charge in [-0.3, -0.25) is 19.8 Å².